The number of ether oxygens (including phenoxy) is 1. The maximum atomic E-state index is 15.3. The Morgan fingerprint density at radius 3 is 2.09 bits per heavy atom. The maximum absolute atomic E-state index is 15.3. The van der Waals surface area contributed by atoms with Crippen molar-refractivity contribution in [1.82, 2.24) is 19.9 Å². The van der Waals surface area contributed by atoms with E-state index in [0.29, 0.717) is 83.5 Å². The fraction of sp³-hybridized carbons (Fsp3) is 0.188. The number of aromatic nitrogens is 4. The number of rotatable bonds is 7. The van der Waals surface area contributed by atoms with E-state index < -0.39 is 11.8 Å². The molecule has 3 amide bonds. The van der Waals surface area contributed by atoms with Gasteiger partial charge < -0.3 is 25.6 Å². The van der Waals surface area contributed by atoms with Gasteiger partial charge in [-0.3, -0.25) is 4.79 Å². The molecule has 0 radical (unpaired) electrons. The highest BCUT2D eigenvalue weighted by atomic mass is 19.1. The van der Waals surface area contributed by atoms with Gasteiger partial charge >= 0.3 is 6.03 Å². The molecule has 0 spiro atoms. The predicted molar refractivity (Wildman–Crippen MR) is 167 cm³/mol. The number of amides is 3. The lowest BCUT2D eigenvalue weighted by molar-refractivity contribution is -0.115. The molecule has 12 heteroatoms. The van der Waals surface area contributed by atoms with Gasteiger partial charge in [-0.1, -0.05) is 6.92 Å². The number of nitrogens with zero attached hydrogens (tertiary/aromatic N) is 5. The number of hydrogen-bond donors (Lipinski definition) is 3. The average Bonchev–Trinajstić information content (AvgIpc) is 3.06. The van der Waals surface area contributed by atoms with Crippen LogP contribution in [0.15, 0.2) is 79.4 Å². The molecule has 222 valence electrons. The zero-order valence-corrected chi connectivity index (χ0v) is 23.9. The van der Waals surface area contributed by atoms with E-state index in [1.54, 1.807) is 61.8 Å². The van der Waals surface area contributed by atoms with Crippen LogP contribution in [-0.4, -0.2) is 58.2 Å². The molecular formula is C32H29FN8O3. The van der Waals surface area contributed by atoms with Crippen LogP contribution in [0.2, 0.25) is 0 Å². The molecule has 3 N–H and O–H groups in total. The minimum Gasteiger partial charge on any atom is -0.378 e. The van der Waals surface area contributed by atoms with Gasteiger partial charge in [-0.25, -0.2) is 29.1 Å². The van der Waals surface area contributed by atoms with Gasteiger partial charge in [-0.05, 0) is 60.7 Å². The highest BCUT2D eigenvalue weighted by Gasteiger charge is 2.20. The third-order valence-corrected chi connectivity index (χ3v) is 7.10. The highest BCUT2D eigenvalue weighted by Crippen LogP contribution is 2.33. The number of urea groups is 1. The molecule has 6 rings (SSSR count). The van der Waals surface area contributed by atoms with E-state index in [1.165, 1.54) is 12.4 Å². The molecule has 0 bridgehead atoms. The molecular weight excluding hydrogens is 563 g/mol. The number of anilines is 4. The van der Waals surface area contributed by atoms with Crippen LogP contribution in [0.3, 0.4) is 0 Å². The number of carbonyl (C=O) groups is 2. The van der Waals surface area contributed by atoms with Gasteiger partial charge in [-0.15, -0.1) is 0 Å². The third-order valence-electron chi connectivity index (χ3n) is 7.10. The van der Waals surface area contributed by atoms with Crippen molar-refractivity contribution in [2.45, 2.75) is 13.3 Å². The van der Waals surface area contributed by atoms with E-state index in [9.17, 15) is 9.59 Å². The Balaban J connectivity index is 1.24. The molecule has 0 unspecified atom stereocenters. The summed E-state index contributed by atoms with van der Waals surface area (Å²) in [5.74, 6) is 0.599. The van der Waals surface area contributed by atoms with Crippen LogP contribution >= 0.6 is 0 Å². The number of halogens is 1. The Morgan fingerprint density at radius 2 is 1.45 bits per heavy atom. The summed E-state index contributed by atoms with van der Waals surface area (Å²) in [6.45, 7) is 4.11. The van der Waals surface area contributed by atoms with Gasteiger partial charge in [0.15, 0.2) is 5.82 Å². The first-order valence-electron chi connectivity index (χ1n) is 14.1. The topological polar surface area (TPSA) is 134 Å². The monoisotopic (exact) mass is 592 g/mol. The first-order chi connectivity index (χ1) is 21.5. The lowest BCUT2D eigenvalue weighted by Crippen LogP contribution is -2.37. The van der Waals surface area contributed by atoms with Crippen LogP contribution in [0.1, 0.15) is 13.3 Å². The van der Waals surface area contributed by atoms with Gasteiger partial charge in [0.1, 0.15) is 18.0 Å². The molecule has 3 heterocycles. The minimum atomic E-state index is -0.417. The normalized spacial score (nSPS) is 13.0. The van der Waals surface area contributed by atoms with Crippen LogP contribution < -0.4 is 20.9 Å². The van der Waals surface area contributed by atoms with Crippen molar-refractivity contribution in [3.05, 3.63) is 85.2 Å². The molecule has 0 atom stereocenters. The fourth-order valence-corrected chi connectivity index (χ4v) is 4.82. The van der Waals surface area contributed by atoms with Crippen molar-refractivity contribution >= 4 is 45.7 Å². The first kappa shape index (κ1) is 28.6. The van der Waals surface area contributed by atoms with E-state index >= 15 is 4.39 Å². The molecule has 3 aromatic carbocycles. The largest absolute Gasteiger partial charge is 0.378 e. The smallest absolute Gasteiger partial charge is 0.323 e. The molecule has 1 saturated heterocycles. The Hall–Kier alpha value is -5.49. The van der Waals surface area contributed by atoms with Crippen LogP contribution in [0.25, 0.3) is 33.4 Å². The third kappa shape index (κ3) is 6.45. The summed E-state index contributed by atoms with van der Waals surface area (Å²) in [6, 6.07) is 16.8. The van der Waals surface area contributed by atoms with Crippen molar-refractivity contribution in [3.8, 4) is 22.5 Å². The number of hydrogen-bond acceptors (Lipinski definition) is 8. The number of benzene rings is 3. The lowest BCUT2D eigenvalue weighted by Gasteiger charge is -2.29. The summed E-state index contributed by atoms with van der Waals surface area (Å²) in [5, 5.41) is 8.96. The quantitative estimate of drug-likeness (QED) is 0.218. The second kappa shape index (κ2) is 12.8. The molecule has 0 saturated carbocycles. The number of carbonyl (C=O) groups excluding carboxylic acids is 2. The highest BCUT2D eigenvalue weighted by molar-refractivity contribution is 6.00. The van der Waals surface area contributed by atoms with E-state index in [-0.39, 0.29) is 5.91 Å². The second-order valence-electron chi connectivity index (χ2n) is 10.1. The number of nitrogens with one attached hydrogen (secondary N) is 3. The zero-order valence-electron chi connectivity index (χ0n) is 23.9. The van der Waals surface area contributed by atoms with Gasteiger partial charge in [0.05, 0.1) is 18.7 Å². The zero-order chi connectivity index (χ0) is 30.5. The Kier molecular flexibility index (Phi) is 8.32. The summed E-state index contributed by atoms with van der Waals surface area (Å²) >= 11 is 0. The SMILES string of the molecule is CCC(=O)Nc1ccc(NC(=O)Nc2ccc(-c3nc(N4CCOCC4)c4cc(F)c(-c5cncnc5)cc4n3)cc2)cc1. The van der Waals surface area contributed by atoms with Crippen LogP contribution in [0, 0.1) is 5.82 Å². The molecule has 0 aliphatic carbocycles. The summed E-state index contributed by atoms with van der Waals surface area (Å²) in [7, 11) is 0. The molecule has 1 fully saturated rings. The van der Waals surface area contributed by atoms with E-state index in [4.69, 9.17) is 14.7 Å². The van der Waals surface area contributed by atoms with E-state index in [2.05, 4.69) is 30.8 Å². The van der Waals surface area contributed by atoms with E-state index in [1.807, 2.05) is 12.1 Å². The molecule has 11 nitrogen and oxygen atoms in total. The summed E-state index contributed by atoms with van der Waals surface area (Å²) in [4.78, 5) is 44.0. The maximum Gasteiger partial charge on any atom is 0.323 e. The summed E-state index contributed by atoms with van der Waals surface area (Å²) in [5.41, 5.74) is 4.01. The predicted octanol–water partition coefficient (Wildman–Crippen LogP) is 5.72. The van der Waals surface area contributed by atoms with Crippen molar-refractivity contribution in [1.29, 1.82) is 0 Å². The summed E-state index contributed by atoms with van der Waals surface area (Å²) in [6.07, 6.45) is 4.90. The minimum absolute atomic E-state index is 0.0840. The van der Waals surface area contributed by atoms with Crippen LogP contribution in [0.4, 0.5) is 32.1 Å². The second-order valence-corrected chi connectivity index (χ2v) is 10.1. The van der Waals surface area contributed by atoms with Crippen LogP contribution in [-0.2, 0) is 9.53 Å². The van der Waals surface area contributed by atoms with E-state index in [0.717, 1.165) is 5.56 Å². The number of morpholine rings is 1. The molecule has 1 aliphatic rings. The van der Waals surface area contributed by atoms with Gasteiger partial charge in [0.25, 0.3) is 0 Å². The Morgan fingerprint density at radius 1 is 0.841 bits per heavy atom. The molecule has 5 aromatic rings. The van der Waals surface area contributed by atoms with Gasteiger partial charge in [0.2, 0.25) is 5.91 Å². The van der Waals surface area contributed by atoms with Gasteiger partial charge in [0, 0.05) is 71.0 Å². The Labute approximate surface area is 252 Å². The standard InChI is InChI=1S/C32H29FN8O3/c1-2-29(42)36-22-7-9-24(10-8-22)38-32(43)37-23-5-3-20(4-6-23)30-39-28-16-25(21-17-34-19-35-18-21)27(33)15-26(28)31(40-30)41-11-13-44-14-12-41/h3-10,15-19H,2,11-14H2,1H3,(H,36,42)(H2,37,38,43). The van der Waals surface area contributed by atoms with Gasteiger partial charge in [-0.2, -0.15) is 0 Å². The average molecular weight is 593 g/mol. The molecule has 2 aromatic heterocycles. The Bertz CT molecular complexity index is 1800. The van der Waals surface area contributed by atoms with Crippen molar-refractivity contribution in [2.24, 2.45) is 0 Å². The number of fused-ring (bicyclic) bond motifs is 1. The van der Waals surface area contributed by atoms with Crippen molar-refractivity contribution in [3.63, 3.8) is 0 Å². The molecule has 44 heavy (non-hydrogen) atoms. The van der Waals surface area contributed by atoms with Crippen molar-refractivity contribution in [2.75, 3.05) is 47.2 Å². The molecule has 1 aliphatic heterocycles. The lowest BCUT2D eigenvalue weighted by atomic mass is 10.0. The van der Waals surface area contributed by atoms with Crippen molar-refractivity contribution < 1.29 is 18.7 Å². The summed E-state index contributed by atoms with van der Waals surface area (Å²) < 4.78 is 20.9. The first-order valence-corrected chi connectivity index (χ1v) is 14.1. The fourth-order valence-electron chi connectivity index (χ4n) is 4.82. The van der Waals surface area contributed by atoms with Crippen LogP contribution in [0.5, 0.6) is 0 Å².